The summed E-state index contributed by atoms with van der Waals surface area (Å²) in [5, 5.41) is 29.1. The van der Waals surface area contributed by atoms with Gasteiger partial charge in [0.05, 0.1) is 18.5 Å². The molecule has 2 heterocycles. The summed E-state index contributed by atoms with van der Waals surface area (Å²) in [5.74, 6) is -0.680. The van der Waals surface area contributed by atoms with Crippen LogP contribution >= 0.6 is 0 Å². The van der Waals surface area contributed by atoms with Crippen LogP contribution in [0.5, 0.6) is 0 Å². The van der Waals surface area contributed by atoms with Crippen molar-refractivity contribution in [1.29, 1.82) is 0 Å². The largest absolute Gasteiger partial charge is 0.396 e. The molecular formula is C12H16FN5O3. The lowest BCUT2D eigenvalue weighted by atomic mass is 10.0. The molecule has 3 rings (SSSR count). The standard InChI is InChI=1S/C12H16FN5O3/c13-6-5(1-2-19)9(20)10(21)8(6)18-4-17-7-11(14)15-3-16-12(7)18/h3-6,8-10,19-21H,1-2H2,(H2,14,15,16)/t5-,6+,8+,9+,10-/m0/s1. The van der Waals surface area contributed by atoms with Crippen LogP contribution in [0.15, 0.2) is 12.7 Å². The molecule has 0 unspecified atom stereocenters. The first-order valence-electron chi connectivity index (χ1n) is 6.60. The average Bonchev–Trinajstić information content (AvgIpc) is 2.96. The number of anilines is 1. The van der Waals surface area contributed by atoms with Crippen molar-refractivity contribution in [3.8, 4) is 0 Å². The fourth-order valence-electron chi connectivity index (χ4n) is 2.97. The van der Waals surface area contributed by atoms with E-state index in [9.17, 15) is 14.6 Å². The second-order valence-corrected chi connectivity index (χ2v) is 5.18. The number of nitrogen functional groups attached to an aromatic ring is 1. The van der Waals surface area contributed by atoms with Gasteiger partial charge in [-0.05, 0) is 6.42 Å². The normalized spacial score (nSPS) is 32.9. The van der Waals surface area contributed by atoms with Crippen molar-refractivity contribution < 1.29 is 19.7 Å². The first kappa shape index (κ1) is 14.1. The van der Waals surface area contributed by atoms with Crippen molar-refractivity contribution in [2.75, 3.05) is 12.3 Å². The number of fused-ring (bicyclic) bond motifs is 1. The highest BCUT2D eigenvalue weighted by Crippen LogP contribution is 2.40. The number of aliphatic hydroxyl groups excluding tert-OH is 3. The fraction of sp³-hybridized carbons (Fsp3) is 0.583. The van der Waals surface area contributed by atoms with E-state index in [4.69, 9.17) is 10.8 Å². The summed E-state index contributed by atoms with van der Waals surface area (Å²) < 4.78 is 15.9. The summed E-state index contributed by atoms with van der Waals surface area (Å²) in [4.78, 5) is 11.8. The van der Waals surface area contributed by atoms with E-state index < -0.39 is 30.3 Å². The second-order valence-electron chi connectivity index (χ2n) is 5.18. The Morgan fingerprint density at radius 2 is 2.00 bits per heavy atom. The predicted molar refractivity (Wildman–Crippen MR) is 70.9 cm³/mol. The summed E-state index contributed by atoms with van der Waals surface area (Å²) >= 11 is 0. The van der Waals surface area contributed by atoms with Crippen LogP contribution in [-0.2, 0) is 0 Å². The molecule has 5 atom stereocenters. The highest BCUT2D eigenvalue weighted by molar-refractivity contribution is 5.81. The third kappa shape index (κ3) is 2.04. The van der Waals surface area contributed by atoms with Gasteiger partial charge in [-0.3, -0.25) is 0 Å². The average molecular weight is 297 g/mol. The van der Waals surface area contributed by atoms with Crippen LogP contribution in [0.25, 0.3) is 11.2 Å². The third-order valence-corrected chi connectivity index (χ3v) is 4.04. The van der Waals surface area contributed by atoms with Crippen LogP contribution in [-0.4, -0.2) is 59.8 Å². The minimum atomic E-state index is -1.53. The maximum absolute atomic E-state index is 14.6. The van der Waals surface area contributed by atoms with Gasteiger partial charge in [-0.25, -0.2) is 19.3 Å². The summed E-state index contributed by atoms with van der Waals surface area (Å²) in [6.45, 7) is -0.263. The van der Waals surface area contributed by atoms with Crippen molar-refractivity contribution in [3.05, 3.63) is 12.7 Å². The molecule has 0 amide bonds. The first-order chi connectivity index (χ1) is 10.1. The SMILES string of the molecule is Nc1ncnc2c1ncn2[C@H]1[C@H](O)[C@H](O)[C@@H](CCO)[C@H]1F. The molecule has 0 spiro atoms. The number of alkyl halides is 1. The Kier molecular flexibility index (Phi) is 3.47. The van der Waals surface area contributed by atoms with Crippen molar-refractivity contribution in [2.45, 2.75) is 30.8 Å². The van der Waals surface area contributed by atoms with E-state index in [0.717, 1.165) is 0 Å². The zero-order valence-electron chi connectivity index (χ0n) is 11.0. The molecular weight excluding hydrogens is 281 g/mol. The quantitative estimate of drug-likeness (QED) is 0.573. The molecule has 1 aliphatic rings. The molecule has 8 nitrogen and oxygen atoms in total. The molecule has 9 heteroatoms. The molecule has 0 aromatic carbocycles. The van der Waals surface area contributed by atoms with Crippen LogP contribution in [0.1, 0.15) is 12.5 Å². The first-order valence-corrected chi connectivity index (χ1v) is 6.60. The fourth-order valence-corrected chi connectivity index (χ4v) is 2.97. The second kappa shape index (κ2) is 5.17. The maximum Gasteiger partial charge on any atom is 0.165 e. The number of hydrogen-bond acceptors (Lipinski definition) is 7. The summed E-state index contributed by atoms with van der Waals surface area (Å²) in [6.07, 6.45) is -1.48. The molecule has 1 saturated carbocycles. The molecule has 1 aliphatic carbocycles. The lowest BCUT2D eigenvalue weighted by Crippen LogP contribution is -2.29. The zero-order valence-corrected chi connectivity index (χ0v) is 11.0. The number of imidazole rings is 1. The van der Waals surface area contributed by atoms with Crippen LogP contribution < -0.4 is 5.73 Å². The van der Waals surface area contributed by atoms with E-state index >= 15 is 0 Å². The number of hydrogen-bond donors (Lipinski definition) is 4. The van der Waals surface area contributed by atoms with Gasteiger partial charge in [-0.1, -0.05) is 0 Å². The third-order valence-electron chi connectivity index (χ3n) is 4.04. The lowest BCUT2D eigenvalue weighted by molar-refractivity contribution is 0.00238. The molecule has 114 valence electrons. The lowest BCUT2D eigenvalue weighted by Gasteiger charge is -2.19. The molecule has 2 aromatic heterocycles. The smallest absolute Gasteiger partial charge is 0.165 e. The van der Waals surface area contributed by atoms with Crippen molar-refractivity contribution in [1.82, 2.24) is 19.5 Å². The molecule has 2 aromatic rings. The number of halogens is 1. The van der Waals surface area contributed by atoms with Crippen LogP contribution in [0.3, 0.4) is 0 Å². The van der Waals surface area contributed by atoms with Crippen molar-refractivity contribution in [2.24, 2.45) is 5.92 Å². The Hall–Kier alpha value is -1.84. The Labute approximate surface area is 119 Å². The van der Waals surface area contributed by atoms with Gasteiger partial charge in [-0.15, -0.1) is 0 Å². The zero-order chi connectivity index (χ0) is 15.1. The molecule has 0 saturated heterocycles. The molecule has 21 heavy (non-hydrogen) atoms. The Balaban J connectivity index is 2.04. The minimum Gasteiger partial charge on any atom is -0.396 e. The van der Waals surface area contributed by atoms with Gasteiger partial charge in [0.15, 0.2) is 11.5 Å². The van der Waals surface area contributed by atoms with Gasteiger partial charge < -0.3 is 25.6 Å². The number of aromatic nitrogens is 4. The Bertz CT molecular complexity index is 651. The molecule has 0 aliphatic heterocycles. The Morgan fingerprint density at radius 3 is 2.71 bits per heavy atom. The van der Waals surface area contributed by atoms with Gasteiger partial charge in [-0.2, -0.15) is 0 Å². The highest BCUT2D eigenvalue weighted by Gasteiger charge is 2.51. The highest BCUT2D eigenvalue weighted by atomic mass is 19.1. The van der Waals surface area contributed by atoms with Gasteiger partial charge in [0.1, 0.15) is 24.1 Å². The van der Waals surface area contributed by atoms with Gasteiger partial charge in [0.25, 0.3) is 0 Å². The molecule has 5 N–H and O–H groups in total. The monoisotopic (exact) mass is 297 g/mol. The number of rotatable bonds is 3. The number of nitrogens with two attached hydrogens (primary N) is 1. The molecule has 0 radical (unpaired) electrons. The van der Waals surface area contributed by atoms with Crippen molar-refractivity contribution in [3.63, 3.8) is 0 Å². The topological polar surface area (TPSA) is 130 Å². The van der Waals surface area contributed by atoms with E-state index in [-0.39, 0.29) is 18.8 Å². The summed E-state index contributed by atoms with van der Waals surface area (Å²) in [7, 11) is 0. The van der Waals surface area contributed by atoms with E-state index in [0.29, 0.717) is 11.2 Å². The van der Waals surface area contributed by atoms with Crippen LogP contribution in [0, 0.1) is 5.92 Å². The molecule has 0 bridgehead atoms. The summed E-state index contributed by atoms with van der Waals surface area (Å²) in [6, 6.07) is -1.03. The van der Waals surface area contributed by atoms with Crippen molar-refractivity contribution >= 4 is 17.0 Å². The number of aliphatic hydroxyl groups is 3. The van der Waals surface area contributed by atoms with Gasteiger partial charge in [0.2, 0.25) is 0 Å². The van der Waals surface area contributed by atoms with E-state index in [1.165, 1.54) is 17.2 Å². The predicted octanol–water partition coefficient (Wildman–Crippen LogP) is -0.978. The van der Waals surface area contributed by atoms with E-state index in [2.05, 4.69) is 15.0 Å². The minimum absolute atomic E-state index is 0.0691. The van der Waals surface area contributed by atoms with Crippen LogP contribution in [0.2, 0.25) is 0 Å². The summed E-state index contributed by atoms with van der Waals surface area (Å²) in [5.41, 5.74) is 6.29. The number of nitrogens with zero attached hydrogens (tertiary/aromatic N) is 4. The van der Waals surface area contributed by atoms with Gasteiger partial charge >= 0.3 is 0 Å². The van der Waals surface area contributed by atoms with E-state index in [1.807, 2.05) is 0 Å². The maximum atomic E-state index is 14.6. The Morgan fingerprint density at radius 1 is 1.24 bits per heavy atom. The van der Waals surface area contributed by atoms with Crippen LogP contribution in [0.4, 0.5) is 10.2 Å². The van der Waals surface area contributed by atoms with Gasteiger partial charge in [0, 0.05) is 12.5 Å². The van der Waals surface area contributed by atoms with E-state index in [1.54, 1.807) is 0 Å². The molecule has 1 fully saturated rings.